The Morgan fingerprint density at radius 2 is 0.963 bits per heavy atom. The molecule has 6 heteroatoms. The van der Waals surface area contributed by atoms with Crippen molar-refractivity contribution in [2.24, 2.45) is 0 Å². The van der Waals surface area contributed by atoms with Gasteiger partial charge in [0, 0.05) is 13.9 Å². The Morgan fingerprint density at radius 1 is 0.704 bits per heavy atom. The fraction of sp³-hybridized carbons (Fsp3) is 0.952. The van der Waals surface area contributed by atoms with Crippen molar-refractivity contribution in [3.05, 3.63) is 0 Å². The maximum Gasteiger partial charge on any atom is 0.430 e. The van der Waals surface area contributed by atoms with E-state index >= 15 is 0 Å². The van der Waals surface area contributed by atoms with Crippen LogP contribution in [-0.4, -0.2) is 37.3 Å². The second-order valence-electron chi connectivity index (χ2n) is 7.76. The van der Waals surface area contributed by atoms with Crippen LogP contribution in [-0.2, 0) is 4.79 Å². The van der Waals surface area contributed by atoms with Gasteiger partial charge in [0.15, 0.2) is 0 Å². The SMILES string of the molecule is CCCCCC[P+](C)(CCCCCC)CCCCCC.O=C([O-])C(F)(F)F. The van der Waals surface area contributed by atoms with Crippen LogP contribution in [0.5, 0.6) is 0 Å². The fourth-order valence-electron chi connectivity index (χ4n) is 3.10. The number of alkyl halides is 3. The largest absolute Gasteiger partial charge is 0.542 e. The van der Waals surface area contributed by atoms with Crippen molar-refractivity contribution in [3.8, 4) is 0 Å². The second-order valence-corrected chi connectivity index (χ2v) is 12.3. The lowest BCUT2D eigenvalue weighted by atomic mass is 10.2. The van der Waals surface area contributed by atoms with Gasteiger partial charge in [0.2, 0.25) is 0 Å². The molecule has 0 atom stereocenters. The van der Waals surface area contributed by atoms with E-state index in [0.717, 1.165) is 0 Å². The van der Waals surface area contributed by atoms with Crippen molar-refractivity contribution in [1.29, 1.82) is 0 Å². The third-order valence-corrected chi connectivity index (χ3v) is 9.07. The molecule has 0 aliphatic carbocycles. The molecule has 0 aliphatic heterocycles. The minimum atomic E-state index is -5.19. The fourth-order valence-corrected chi connectivity index (χ4v) is 6.73. The van der Waals surface area contributed by atoms with Crippen molar-refractivity contribution < 1.29 is 23.1 Å². The Bertz CT molecular complexity index is 316. The molecule has 0 aromatic rings. The molecule has 0 unspecified atom stereocenters. The number of carbonyl (C=O) groups is 1. The van der Waals surface area contributed by atoms with Gasteiger partial charge in [-0.1, -0.05) is 59.3 Å². The van der Waals surface area contributed by atoms with Gasteiger partial charge in [0.1, 0.15) is 5.97 Å². The molecule has 0 rings (SSSR count). The van der Waals surface area contributed by atoms with E-state index in [1.165, 1.54) is 77.0 Å². The molecule has 0 amide bonds. The van der Waals surface area contributed by atoms with E-state index in [4.69, 9.17) is 9.90 Å². The summed E-state index contributed by atoms with van der Waals surface area (Å²) in [5.74, 6) is -3.01. The Hall–Kier alpha value is -0.310. The van der Waals surface area contributed by atoms with E-state index in [1.807, 2.05) is 0 Å². The molecular formula is C21H42F3O2P. The molecule has 0 aromatic carbocycles. The lowest BCUT2D eigenvalue weighted by Gasteiger charge is -2.23. The second kappa shape index (κ2) is 17.8. The normalized spacial score (nSPS) is 11.8. The summed E-state index contributed by atoms with van der Waals surface area (Å²) in [6, 6.07) is 0. The molecule has 164 valence electrons. The van der Waals surface area contributed by atoms with E-state index < -0.39 is 19.4 Å². The Morgan fingerprint density at radius 3 is 1.15 bits per heavy atom. The zero-order valence-electron chi connectivity index (χ0n) is 18.0. The summed E-state index contributed by atoms with van der Waals surface area (Å²) >= 11 is 0. The van der Waals surface area contributed by atoms with Gasteiger partial charge in [-0.05, 0) is 38.5 Å². The number of aliphatic carboxylic acids is 1. The van der Waals surface area contributed by atoms with Gasteiger partial charge in [-0.3, -0.25) is 0 Å². The summed E-state index contributed by atoms with van der Waals surface area (Å²) in [5.41, 5.74) is 0. The van der Waals surface area contributed by atoms with Gasteiger partial charge in [0.25, 0.3) is 0 Å². The van der Waals surface area contributed by atoms with Crippen LogP contribution in [0.1, 0.15) is 97.8 Å². The minimum absolute atomic E-state index is 0.590. The lowest BCUT2D eigenvalue weighted by Crippen LogP contribution is -2.37. The number of rotatable bonds is 15. The predicted octanol–water partition coefficient (Wildman–Crippen LogP) is 6.67. The Labute approximate surface area is 166 Å². The first-order valence-corrected chi connectivity index (χ1v) is 13.5. The average Bonchev–Trinajstić information content (AvgIpc) is 2.59. The Kier molecular flexibility index (Phi) is 19.0. The van der Waals surface area contributed by atoms with Crippen LogP contribution in [0.4, 0.5) is 13.2 Å². The molecule has 0 spiro atoms. The molecule has 0 aliphatic rings. The summed E-state index contributed by atoms with van der Waals surface area (Å²) in [6.07, 6.45) is 17.0. The third-order valence-electron chi connectivity index (χ3n) is 4.89. The number of hydrogen-bond donors (Lipinski definition) is 0. The topological polar surface area (TPSA) is 40.1 Å². The highest BCUT2D eigenvalue weighted by atomic mass is 31.2. The Balaban J connectivity index is 0. The monoisotopic (exact) mass is 414 g/mol. The third kappa shape index (κ3) is 20.2. The molecule has 27 heavy (non-hydrogen) atoms. The van der Waals surface area contributed by atoms with Gasteiger partial charge in [-0.2, -0.15) is 13.2 Å². The van der Waals surface area contributed by atoms with Gasteiger partial charge >= 0.3 is 6.18 Å². The van der Waals surface area contributed by atoms with Crippen LogP contribution in [0.3, 0.4) is 0 Å². The van der Waals surface area contributed by atoms with E-state index in [0.29, 0.717) is 0 Å². The summed E-state index contributed by atoms with van der Waals surface area (Å²) in [7, 11) is -0.590. The van der Waals surface area contributed by atoms with Crippen molar-refractivity contribution in [2.75, 3.05) is 25.2 Å². The van der Waals surface area contributed by atoms with Crippen LogP contribution >= 0.6 is 7.26 Å². The number of unbranched alkanes of at least 4 members (excludes halogenated alkanes) is 9. The van der Waals surface area contributed by atoms with Gasteiger partial charge in [-0.15, -0.1) is 0 Å². The molecule has 0 heterocycles. The lowest BCUT2D eigenvalue weighted by molar-refractivity contribution is -0.344. The van der Waals surface area contributed by atoms with Gasteiger partial charge in [-0.25, -0.2) is 0 Å². The maximum absolute atomic E-state index is 10.5. The predicted molar refractivity (Wildman–Crippen MR) is 111 cm³/mol. The van der Waals surface area contributed by atoms with Crippen LogP contribution in [0, 0.1) is 0 Å². The quantitative estimate of drug-likeness (QED) is 0.222. The molecule has 0 fully saturated rings. The van der Waals surface area contributed by atoms with Crippen molar-refractivity contribution in [2.45, 2.75) is 104 Å². The van der Waals surface area contributed by atoms with Gasteiger partial charge in [0.05, 0.1) is 18.5 Å². The number of hydrogen-bond acceptors (Lipinski definition) is 2. The highest BCUT2D eigenvalue weighted by Crippen LogP contribution is 2.57. The molecule has 2 nitrogen and oxygen atoms in total. The minimum Gasteiger partial charge on any atom is -0.542 e. The molecule has 0 bridgehead atoms. The van der Waals surface area contributed by atoms with E-state index in [-0.39, 0.29) is 0 Å². The zero-order chi connectivity index (χ0) is 21.2. The molecule has 0 saturated heterocycles. The highest BCUT2D eigenvalue weighted by molar-refractivity contribution is 7.75. The smallest absolute Gasteiger partial charge is 0.430 e. The molecule has 0 radical (unpaired) electrons. The van der Waals surface area contributed by atoms with Crippen molar-refractivity contribution in [1.82, 2.24) is 0 Å². The molecule has 0 aromatic heterocycles. The first-order valence-electron chi connectivity index (χ1n) is 10.7. The zero-order valence-corrected chi connectivity index (χ0v) is 18.9. The molecular weight excluding hydrogens is 372 g/mol. The number of carbonyl (C=O) groups excluding carboxylic acids is 1. The summed E-state index contributed by atoms with van der Waals surface area (Å²) < 4.78 is 31.5. The summed E-state index contributed by atoms with van der Waals surface area (Å²) in [6.45, 7) is 9.66. The van der Waals surface area contributed by atoms with Crippen molar-refractivity contribution >= 4 is 13.2 Å². The first kappa shape index (κ1) is 28.9. The number of carboxylic acids is 1. The van der Waals surface area contributed by atoms with Crippen LogP contribution in [0.2, 0.25) is 0 Å². The average molecular weight is 415 g/mol. The summed E-state index contributed by atoms with van der Waals surface area (Å²) in [5, 5.41) is 8.78. The van der Waals surface area contributed by atoms with Crippen LogP contribution < -0.4 is 5.11 Å². The standard InChI is InChI=1S/C19H42P.C2HF3O2/c1-5-8-11-14-17-20(4,18-15-12-9-6-2)19-16-13-10-7-3;3-2(4,5)1(6)7/h5-19H2,1-4H3;(H,6,7)/q+1;/p-1. The maximum atomic E-state index is 10.5. The van der Waals surface area contributed by atoms with Crippen molar-refractivity contribution in [3.63, 3.8) is 0 Å². The summed E-state index contributed by atoms with van der Waals surface area (Å²) in [4.78, 5) is 8.78. The number of carboxylic acid groups (broad SMARTS) is 1. The number of halogens is 3. The van der Waals surface area contributed by atoms with E-state index in [1.54, 1.807) is 18.5 Å². The van der Waals surface area contributed by atoms with Crippen LogP contribution in [0.25, 0.3) is 0 Å². The van der Waals surface area contributed by atoms with Crippen LogP contribution in [0.15, 0.2) is 0 Å². The first-order chi connectivity index (χ1) is 12.6. The highest BCUT2D eigenvalue weighted by Gasteiger charge is 2.29. The van der Waals surface area contributed by atoms with E-state index in [9.17, 15) is 13.2 Å². The van der Waals surface area contributed by atoms with Gasteiger partial charge < -0.3 is 9.90 Å². The molecule has 0 N–H and O–H groups in total. The molecule has 0 saturated carbocycles. The van der Waals surface area contributed by atoms with E-state index in [2.05, 4.69) is 27.4 Å².